The van der Waals surface area contributed by atoms with Crippen molar-refractivity contribution in [3.8, 4) is 0 Å². The number of hydrogen-bond acceptors (Lipinski definition) is 6. The number of carbonyl (C=O) groups is 2. The Morgan fingerprint density at radius 1 is 1.10 bits per heavy atom. The van der Waals surface area contributed by atoms with E-state index in [4.69, 9.17) is 9.26 Å². The summed E-state index contributed by atoms with van der Waals surface area (Å²) >= 11 is 0. The van der Waals surface area contributed by atoms with Crippen molar-refractivity contribution in [2.75, 3.05) is 26.9 Å². The molecule has 0 saturated carbocycles. The Morgan fingerprint density at radius 3 is 2.48 bits per heavy atom. The van der Waals surface area contributed by atoms with Crippen LogP contribution in [0.1, 0.15) is 45.4 Å². The van der Waals surface area contributed by atoms with Crippen LogP contribution in [0, 0.1) is 0 Å². The van der Waals surface area contributed by atoms with E-state index in [1.165, 1.54) is 7.11 Å². The highest BCUT2D eigenvalue weighted by atomic mass is 31.1. The van der Waals surface area contributed by atoms with Crippen LogP contribution in [-0.2, 0) is 27.9 Å². The van der Waals surface area contributed by atoms with Crippen molar-refractivity contribution in [3.63, 3.8) is 0 Å². The monoisotopic (exact) mass is 322 g/mol. The summed E-state index contributed by atoms with van der Waals surface area (Å²) in [5, 5.41) is 2.75. The van der Waals surface area contributed by atoms with Crippen LogP contribution in [0.25, 0.3) is 0 Å². The van der Waals surface area contributed by atoms with Gasteiger partial charge >= 0.3 is 14.2 Å². The molecule has 0 fully saturated rings. The second-order valence-electron chi connectivity index (χ2n) is 4.31. The number of carbonyl (C=O) groups excluding carboxylic acids is 2. The van der Waals surface area contributed by atoms with Crippen LogP contribution in [0.3, 0.4) is 0 Å². The average Bonchev–Trinajstić information content (AvgIpc) is 2.47. The third-order valence-corrected chi connectivity index (χ3v) is 3.29. The Bertz CT molecular complexity index is 324. The van der Waals surface area contributed by atoms with Crippen LogP contribution in [0.5, 0.6) is 0 Å². The molecule has 7 nitrogen and oxygen atoms in total. The summed E-state index contributed by atoms with van der Waals surface area (Å²) in [4.78, 5) is 22.5. The summed E-state index contributed by atoms with van der Waals surface area (Å²) in [6, 6.07) is 0. The normalized spacial score (nSPS) is 11.0. The van der Waals surface area contributed by atoms with Gasteiger partial charge in [-0.1, -0.05) is 12.8 Å². The summed E-state index contributed by atoms with van der Waals surface area (Å²) in [7, 11) is -0.635. The van der Waals surface area contributed by atoms with Gasteiger partial charge in [-0.3, -0.25) is 9.59 Å². The van der Waals surface area contributed by atoms with Gasteiger partial charge < -0.3 is 10.1 Å². The summed E-state index contributed by atoms with van der Waals surface area (Å²) < 4.78 is 24.9. The lowest BCUT2D eigenvalue weighted by Crippen LogP contribution is -2.25. The Labute approximate surface area is 126 Å². The number of esters is 1. The molecule has 122 valence electrons. The minimum Gasteiger partial charge on any atom is -0.466 e. The van der Waals surface area contributed by atoms with E-state index in [0.29, 0.717) is 19.8 Å². The smallest absolute Gasteiger partial charge is 0.466 e. The molecule has 0 heterocycles. The first kappa shape index (κ1) is 20.0. The molecule has 0 rings (SSSR count). The van der Waals surface area contributed by atoms with E-state index >= 15 is 0 Å². The van der Waals surface area contributed by atoms with Gasteiger partial charge in [0.1, 0.15) is 6.61 Å². The van der Waals surface area contributed by atoms with E-state index < -0.39 is 8.25 Å². The zero-order valence-corrected chi connectivity index (χ0v) is 13.7. The SMILES string of the molecule is CCOC(=O)CCC(=O)NCCCCCCO[P+](=O)OC. The fraction of sp³-hybridized carbons (Fsp3) is 0.846. The molecule has 0 aromatic heterocycles. The number of nitrogens with one attached hydrogen (secondary N) is 1. The number of rotatable bonds is 13. The van der Waals surface area contributed by atoms with Gasteiger partial charge in [0.2, 0.25) is 5.91 Å². The molecule has 8 heteroatoms. The first-order chi connectivity index (χ1) is 10.1. The third kappa shape index (κ3) is 13.7. The molecule has 0 aromatic carbocycles. The fourth-order valence-corrected chi connectivity index (χ4v) is 1.92. The molecular weight excluding hydrogens is 297 g/mol. The minimum atomic E-state index is -1.97. The first-order valence-corrected chi connectivity index (χ1v) is 8.26. The van der Waals surface area contributed by atoms with Crippen molar-refractivity contribution in [2.45, 2.75) is 45.4 Å². The van der Waals surface area contributed by atoms with Gasteiger partial charge in [-0.2, -0.15) is 0 Å². The number of amides is 1. The second-order valence-corrected chi connectivity index (χ2v) is 5.38. The summed E-state index contributed by atoms with van der Waals surface area (Å²) in [6.07, 6.45) is 3.84. The molecule has 0 radical (unpaired) electrons. The predicted octanol–water partition coefficient (Wildman–Crippen LogP) is 2.33. The van der Waals surface area contributed by atoms with Crippen LogP contribution < -0.4 is 5.32 Å². The predicted molar refractivity (Wildman–Crippen MR) is 77.9 cm³/mol. The minimum absolute atomic E-state index is 0.120. The Morgan fingerprint density at radius 2 is 1.81 bits per heavy atom. The van der Waals surface area contributed by atoms with Gasteiger partial charge in [-0.05, 0) is 19.8 Å². The van der Waals surface area contributed by atoms with Gasteiger partial charge in [-0.25, -0.2) is 0 Å². The van der Waals surface area contributed by atoms with Gasteiger partial charge in [0.15, 0.2) is 0 Å². The van der Waals surface area contributed by atoms with Gasteiger partial charge in [0, 0.05) is 17.5 Å². The topological polar surface area (TPSA) is 90.9 Å². The molecule has 1 amide bonds. The molecule has 0 aliphatic heterocycles. The number of hydrogen-bond donors (Lipinski definition) is 1. The fourth-order valence-electron chi connectivity index (χ4n) is 1.54. The van der Waals surface area contributed by atoms with Crippen molar-refractivity contribution < 1.29 is 27.9 Å². The standard InChI is InChI=1S/C13H24NO6P/c1-3-19-13(16)9-8-12(15)14-10-6-4-5-7-11-20-21(17)18-2/h3-11H2,1-2H3/p+1. The lowest BCUT2D eigenvalue weighted by molar-refractivity contribution is -0.144. The van der Waals surface area contributed by atoms with E-state index in [0.717, 1.165) is 25.7 Å². The molecule has 0 spiro atoms. The van der Waals surface area contributed by atoms with Gasteiger partial charge in [0.25, 0.3) is 0 Å². The molecule has 1 unspecified atom stereocenters. The summed E-state index contributed by atoms with van der Waals surface area (Å²) in [6.45, 7) is 3.07. The maximum atomic E-state index is 11.4. The van der Waals surface area contributed by atoms with Gasteiger partial charge in [0.05, 0.1) is 20.1 Å². The molecule has 1 atom stereocenters. The van der Waals surface area contributed by atoms with Crippen molar-refractivity contribution in [3.05, 3.63) is 0 Å². The zero-order chi connectivity index (χ0) is 15.9. The average molecular weight is 322 g/mol. The van der Waals surface area contributed by atoms with E-state index in [9.17, 15) is 14.2 Å². The van der Waals surface area contributed by atoms with Crippen LogP contribution in [0.2, 0.25) is 0 Å². The highest BCUT2D eigenvalue weighted by Gasteiger charge is 2.15. The van der Waals surface area contributed by atoms with Crippen molar-refractivity contribution in [1.29, 1.82) is 0 Å². The highest BCUT2D eigenvalue weighted by molar-refractivity contribution is 7.33. The van der Waals surface area contributed by atoms with Crippen LogP contribution >= 0.6 is 8.25 Å². The highest BCUT2D eigenvalue weighted by Crippen LogP contribution is 2.21. The number of ether oxygens (including phenoxy) is 1. The summed E-state index contributed by atoms with van der Waals surface area (Å²) in [5.41, 5.74) is 0. The van der Waals surface area contributed by atoms with Crippen molar-refractivity contribution in [1.82, 2.24) is 5.32 Å². The molecule has 21 heavy (non-hydrogen) atoms. The molecule has 0 saturated heterocycles. The number of unbranched alkanes of at least 4 members (excludes halogenated alkanes) is 3. The summed E-state index contributed by atoms with van der Waals surface area (Å²) in [5.74, 6) is -0.481. The molecule has 0 aliphatic carbocycles. The van der Waals surface area contributed by atoms with Crippen molar-refractivity contribution in [2.24, 2.45) is 0 Å². The molecule has 0 aromatic rings. The largest absolute Gasteiger partial charge is 0.697 e. The Balaban J connectivity index is 3.32. The van der Waals surface area contributed by atoms with Gasteiger partial charge in [-0.15, -0.1) is 9.05 Å². The lowest BCUT2D eigenvalue weighted by Gasteiger charge is -2.05. The Kier molecular flexibility index (Phi) is 13.2. The third-order valence-electron chi connectivity index (χ3n) is 2.60. The quantitative estimate of drug-likeness (QED) is 0.318. The second kappa shape index (κ2) is 13.9. The maximum Gasteiger partial charge on any atom is 0.697 e. The van der Waals surface area contributed by atoms with E-state index in [1.54, 1.807) is 6.92 Å². The zero-order valence-electron chi connectivity index (χ0n) is 12.8. The molecular formula is C13H25NO6P+. The maximum absolute atomic E-state index is 11.4. The van der Waals surface area contributed by atoms with E-state index in [-0.39, 0.29) is 24.7 Å². The van der Waals surface area contributed by atoms with Crippen LogP contribution in [0.4, 0.5) is 0 Å². The van der Waals surface area contributed by atoms with E-state index in [1.807, 2.05) is 0 Å². The molecule has 1 N–H and O–H groups in total. The van der Waals surface area contributed by atoms with Crippen molar-refractivity contribution >= 4 is 20.1 Å². The lowest BCUT2D eigenvalue weighted by atomic mass is 10.2. The molecule has 0 bridgehead atoms. The first-order valence-electron chi connectivity index (χ1n) is 7.16. The van der Waals surface area contributed by atoms with E-state index in [2.05, 4.69) is 9.84 Å². The van der Waals surface area contributed by atoms with Crippen LogP contribution in [-0.4, -0.2) is 38.7 Å². The molecule has 0 aliphatic rings. The Hall–Kier alpha value is -1.04. The van der Waals surface area contributed by atoms with Crippen LogP contribution in [0.15, 0.2) is 0 Å².